The van der Waals surface area contributed by atoms with Crippen LogP contribution in [0.2, 0.25) is 15.1 Å². The van der Waals surface area contributed by atoms with Crippen molar-refractivity contribution in [3.8, 4) is 5.75 Å². The van der Waals surface area contributed by atoms with Gasteiger partial charge in [0, 0.05) is 45.4 Å². The van der Waals surface area contributed by atoms with Crippen LogP contribution in [-0.4, -0.2) is 56.3 Å². The minimum Gasteiger partial charge on any atom is -0.495 e. The summed E-state index contributed by atoms with van der Waals surface area (Å²) in [6.45, 7) is 6.06. The minimum absolute atomic E-state index is 0.0563. The molecule has 3 rings (SSSR count). The Morgan fingerprint density at radius 3 is 2.24 bits per heavy atom. The zero-order chi connectivity index (χ0) is 33.6. The highest BCUT2D eigenvalue weighted by Gasteiger charge is 2.35. The number of anilines is 1. The predicted molar refractivity (Wildman–Crippen MR) is 175 cm³/mol. The van der Waals surface area contributed by atoms with Crippen LogP contribution in [0.15, 0.2) is 59.5 Å². The first-order valence-corrected chi connectivity index (χ1v) is 16.3. The van der Waals surface area contributed by atoms with Gasteiger partial charge in [-0.1, -0.05) is 60.8 Å². The number of nitrogens with one attached hydrogen (secondary N) is 1. The van der Waals surface area contributed by atoms with Crippen LogP contribution < -0.4 is 14.4 Å². The number of nitro benzene ring substituents is 1. The van der Waals surface area contributed by atoms with E-state index in [2.05, 4.69) is 5.32 Å². The summed E-state index contributed by atoms with van der Waals surface area (Å²) in [6.07, 6.45) is 0. The summed E-state index contributed by atoms with van der Waals surface area (Å²) in [4.78, 5) is 39.1. The lowest BCUT2D eigenvalue weighted by Crippen LogP contribution is -2.51. The van der Waals surface area contributed by atoms with E-state index < -0.39 is 49.9 Å². The fourth-order valence-corrected chi connectivity index (χ4v) is 6.45. The number of rotatable bonds is 13. The lowest BCUT2D eigenvalue weighted by molar-refractivity contribution is -0.385. The first kappa shape index (κ1) is 35.9. The predicted octanol–water partition coefficient (Wildman–Crippen LogP) is 6.26. The Balaban J connectivity index is 2.18. The number of nitrogens with zero attached hydrogens (tertiary/aromatic N) is 3. The molecule has 0 radical (unpaired) electrons. The number of aryl methyl sites for hydroxylation is 1. The fourth-order valence-electron chi connectivity index (χ4n) is 4.33. The van der Waals surface area contributed by atoms with Crippen molar-refractivity contribution in [2.24, 2.45) is 5.92 Å². The number of carbonyl (C=O) groups excluding carboxylic acids is 2. The largest absolute Gasteiger partial charge is 0.495 e. The molecule has 45 heavy (non-hydrogen) atoms. The van der Waals surface area contributed by atoms with Crippen molar-refractivity contribution in [1.82, 2.24) is 10.2 Å². The van der Waals surface area contributed by atoms with Crippen LogP contribution in [0.25, 0.3) is 0 Å². The van der Waals surface area contributed by atoms with Gasteiger partial charge in [-0.15, -0.1) is 0 Å². The average Bonchev–Trinajstić information content (AvgIpc) is 2.97. The summed E-state index contributed by atoms with van der Waals surface area (Å²) in [5, 5.41) is 15.1. The van der Waals surface area contributed by atoms with E-state index in [1.54, 1.807) is 18.2 Å². The second kappa shape index (κ2) is 15.1. The number of methoxy groups -OCH3 is 1. The number of hydrogen-bond donors (Lipinski definition) is 1. The number of ether oxygens (including phenoxy) is 1. The van der Waals surface area contributed by atoms with Crippen molar-refractivity contribution >= 4 is 68.0 Å². The molecule has 1 N–H and O–H groups in total. The van der Waals surface area contributed by atoms with Crippen LogP contribution in [-0.2, 0) is 26.2 Å². The third-order valence-electron chi connectivity index (χ3n) is 6.90. The molecule has 0 aliphatic rings. The fraction of sp³-hybridized carbons (Fsp3) is 0.333. The maximum Gasteiger partial charge on any atom is 0.273 e. The molecule has 0 saturated carbocycles. The normalized spacial score (nSPS) is 12.0. The van der Waals surface area contributed by atoms with Gasteiger partial charge in [-0.05, 0) is 56.2 Å². The Hall–Kier alpha value is -3.58. The van der Waals surface area contributed by atoms with Crippen molar-refractivity contribution in [3.63, 3.8) is 0 Å². The monoisotopic (exact) mass is 698 g/mol. The van der Waals surface area contributed by atoms with Gasteiger partial charge in [-0.25, -0.2) is 8.42 Å². The highest BCUT2D eigenvalue weighted by atomic mass is 35.5. The summed E-state index contributed by atoms with van der Waals surface area (Å²) in [6, 6.07) is 11.3. The molecule has 15 heteroatoms. The second-order valence-electron chi connectivity index (χ2n) is 10.6. The van der Waals surface area contributed by atoms with Crippen molar-refractivity contribution in [2.45, 2.75) is 45.2 Å². The molecule has 0 aromatic heterocycles. The van der Waals surface area contributed by atoms with Crippen molar-refractivity contribution in [3.05, 3.63) is 90.9 Å². The average molecular weight is 700 g/mol. The number of amides is 2. The molecule has 0 fully saturated rings. The maximum absolute atomic E-state index is 14.2. The SMILES string of the molecule is COc1ccc(Cl)cc1N(CC(=O)N(Cc1c(Cl)cccc1Cl)C(C)C(=O)NCC(C)C)S(=O)(=O)c1ccc(C)c([N+](=O)[O-])c1. The molecule has 0 aliphatic heterocycles. The molecule has 0 saturated heterocycles. The molecule has 0 aliphatic carbocycles. The Morgan fingerprint density at radius 2 is 1.67 bits per heavy atom. The van der Waals surface area contributed by atoms with Crippen LogP contribution in [0.1, 0.15) is 31.9 Å². The minimum atomic E-state index is -4.67. The summed E-state index contributed by atoms with van der Waals surface area (Å²) < 4.78 is 34.6. The Kier molecular flexibility index (Phi) is 12.1. The maximum atomic E-state index is 14.2. The van der Waals surface area contributed by atoms with Gasteiger partial charge in [0.2, 0.25) is 11.8 Å². The quantitative estimate of drug-likeness (QED) is 0.164. The number of hydrogen-bond acceptors (Lipinski definition) is 7. The first-order chi connectivity index (χ1) is 21.1. The molecule has 1 atom stereocenters. The zero-order valence-electron chi connectivity index (χ0n) is 25.2. The summed E-state index contributed by atoms with van der Waals surface area (Å²) in [5.41, 5.74) is 0.0626. The molecule has 11 nitrogen and oxygen atoms in total. The van der Waals surface area contributed by atoms with Crippen LogP contribution in [0, 0.1) is 23.0 Å². The Bertz CT molecular complexity index is 1680. The van der Waals surface area contributed by atoms with E-state index in [9.17, 15) is 28.1 Å². The van der Waals surface area contributed by atoms with E-state index in [4.69, 9.17) is 39.5 Å². The third-order valence-corrected chi connectivity index (χ3v) is 9.59. The highest BCUT2D eigenvalue weighted by Crippen LogP contribution is 2.36. The van der Waals surface area contributed by atoms with E-state index in [0.717, 1.165) is 10.4 Å². The van der Waals surface area contributed by atoms with Gasteiger partial charge in [0.15, 0.2) is 0 Å². The van der Waals surface area contributed by atoms with Crippen LogP contribution in [0.3, 0.4) is 0 Å². The molecular formula is C30H33Cl3N4O7S. The van der Waals surface area contributed by atoms with E-state index in [-0.39, 0.29) is 44.5 Å². The summed E-state index contributed by atoms with van der Waals surface area (Å²) >= 11 is 19.1. The topological polar surface area (TPSA) is 139 Å². The molecule has 0 heterocycles. The summed E-state index contributed by atoms with van der Waals surface area (Å²) in [5.74, 6) is -1.10. The molecule has 3 aromatic carbocycles. The second-order valence-corrected chi connectivity index (χ2v) is 13.7. The number of benzene rings is 3. The zero-order valence-corrected chi connectivity index (χ0v) is 28.3. The molecule has 3 aromatic rings. The van der Waals surface area contributed by atoms with Gasteiger partial charge >= 0.3 is 0 Å². The standard InChI is InChI=1S/C30H33Cl3N4O7S/c1-18(2)15-34-30(39)20(4)35(16-23-24(32)7-6-8-25(23)33)29(38)17-36(27-13-21(31)10-12-28(27)44-5)45(42,43)22-11-9-19(3)26(14-22)37(40)41/h6-14,18,20H,15-17H2,1-5H3,(H,34,39). The molecule has 242 valence electrons. The van der Waals surface area contributed by atoms with Gasteiger partial charge in [0.05, 0.1) is 22.6 Å². The molecule has 0 spiro atoms. The Morgan fingerprint density at radius 1 is 1.02 bits per heavy atom. The van der Waals surface area contributed by atoms with Crippen LogP contribution >= 0.6 is 34.8 Å². The lowest BCUT2D eigenvalue weighted by Gasteiger charge is -2.33. The number of carbonyl (C=O) groups is 2. The summed E-state index contributed by atoms with van der Waals surface area (Å²) in [7, 11) is -3.36. The molecule has 0 bridgehead atoms. The van der Waals surface area contributed by atoms with E-state index >= 15 is 0 Å². The smallest absolute Gasteiger partial charge is 0.273 e. The highest BCUT2D eigenvalue weighted by molar-refractivity contribution is 7.92. The molecular weight excluding hydrogens is 667 g/mol. The van der Waals surface area contributed by atoms with E-state index in [0.29, 0.717) is 12.1 Å². The van der Waals surface area contributed by atoms with E-state index in [1.165, 1.54) is 56.2 Å². The van der Waals surface area contributed by atoms with Crippen molar-refractivity contribution in [1.29, 1.82) is 0 Å². The molecule has 2 amide bonds. The van der Waals surface area contributed by atoms with Gasteiger partial charge < -0.3 is 15.0 Å². The number of nitro groups is 1. The van der Waals surface area contributed by atoms with Gasteiger partial charge in [0.25, 0.3) is 15.7 Å². The van der Waals surface area contributed by atoms with Crippen molar-refractivity contribution in [2.75, 3.05) is 24.5 Å². The van der Waals surface area contributed by atoms with Crippen LogP contribution in [0.5, 0.6) is 5.75 Å². The number of halogens is 3. The van der Waals surface area contributed by atoms with Gasteiger partial charge in [0.1, 0.15) is 18.3 Å². The first-order valence-electron chi connectivity index (χ1n) is 13.7. The molecule has 1 unspecified atom stereocenters. The lowest BCUT2D eigenvalue weighted by atomic mass is 10.1. The van der Waals surface area contributed by atoms with Gasteiger partial charge in [-0.2, -0.15) is 0 Å². The van der Waals surface area contributed by atoms with Crippen LogP contribution in [0.4, 0.5) is 11.4 Å². The van der Waals surface area contributed by atoms with Crippen molar-refractivity contribution < 1.29 is 27.7 Å². The third kappa shape index (κ3) is 8.57. The van der Waals surface area contributed by atoms with Gasteiger partial charge in [-0.3, -0.25) is 24.0 Å². The Labute approximate surface area is 277 Å². The van der Waals surface area contributed by atoms with E-state index in [1.807, 2.05) is 13.8 Å². The number of sulfonamides is 1.